The number of carbonyl (C=O) groups is 1. The van der Waals surface area contributed by atoms with Gasteiger partial charge in [0.1, 0.15) is 5.82 Å². The highest BCUT2D eigenvalue weighted by Gasteiger charge is 2.16. The molecule has 0 saturated carbocycles. The van der Waals surface area contributed by atoms with E-state index in [0.717, 1.165) is 21.2 Å². The van der Waals surface area contributed by atoms with Crippen molar-refractivity contribution < 1.29 is 14.3 Å². The Hall–Kier alpha value is -2.24. The van der Waals surface area contributed by atoms with Gasteiger partial charge < -0.3 is 10.0 Å². The van der Waals surface area contributed by atoms with Gasteiger partial charge in [-0.25, -0.2) is 4.39 Å². The van der Waals surface area contributed by atoms with Crippen LogP contribution >= 0.6 is 11.3 Å². The molecule has 1 heterocycles. The summed E-state index contributed by atoms with van der Waals surface area (Å²) in [5, 5.41) is 9.90. The second kappa shape index (κ2) is 7.11. The first-order chi connectivity index (χ1) is 11.6. The number of nitrogens with zero attached hydrogens (tertiary/aromatic N) is 1. The predicted molar refractivity (Wildman–Crippen MR) is 95.9 cm³/mol. The smallest absolute Gasteiger partial charge is 0.263 e. The molecule has 0 saturated heterocycles. The highest BCUT2D eigenvalue weighted by atomic mass is 32.1. The molecule has 0 aliphatic heterocycles. The van der Waals surface area contributed by atoms with Crippen LogP contribution < -0.4 is 0 Å². The zero-order chi connectivity index (χ0) is 17.1. The van der Waals surface area contributed by atoms with E-state index >= 15 is 0 Å². The molecule has 0 aliphatic rings. The number of amides is 1. The average molecular weight is 343 g/mol. The number of carbonyl (C=O) groups excluding carboxylic acids is 1. The summed E-state index contributed by atoms with van der Waals surface area (Å²) in [6.45, 7) is 0.590. The molecule has 3 aromatic rings. The Morgan fingerprint density at radius 3 is 2.67 bits per heavy atom. The fraction of sp³-hybridized carbons (Fsp3) is 0.211. The third kappa shape index (κ3) is 3.32. The van der Waals surface area contributed by atoms with Gasteiger partial charge in [0.2, 0.25) is 0 Å². The van der Waals surface area contributed by atoms with Crippen molar-refractivity contribution in [2.45, 2.75) is 6.42 Å². The van der Waals surface area contributed by atoms with Crippen LogP contribution in [0.2, 0.25) is 0 Å². The minimum atomic E-state index is -0.266. The molecule has 0 atom stereocenters. The van der Waals surface area contributed by atoms with Crippen molar-refractivity contribution >= 4 is 27.3 Å². The molecule has 124 valence electrons. The number of thiophene rings is 1. The molecule has 1 amide bonds. The van der Waals surface area contributed by atoms with Crippen LogP contribution in [0.4, 0.5) is 4.39 Å². The van der Waals surface area contributed by atoms with Crippen LogP contribution in [0.1, 0.15) is 16.1 Å². The number of rotatable bonds is 5. The maximum absolute atomic E-state index is 13.2. The molecule has 1 N–H and O–H groups in total. The zero-order valence-corrected chi connectivity index (χ0v) is 14.1. The van der Waals surface area contributed by atoms with E-state index < -0.39 is 0 Å². The molecule has 0 unspecified atom stereocenters. The van der Waals surface area contributed by atoms with Crippen molar-refractivity contribution in [1.82, 2.24) is 4.90 Å². The molecular weight excluding hydrogens is 325 g/mol. The largest absolute Gasteiger partial charge is 0.396 e. The van der Waals surface area contributed by atoms with E-state index in [1.54, 1.807) is 24.1 Å². The second-order valence-corrected chi connectivity index (χ2v) is 6.72. The number of hydrogen-bond acceptors (Lipinski definition) is 3. The fourth-order valence-electron chi connectivity index (χ4n) is 2.65. The van der Waals surface area contributed by atoms with Crippen molar-refractivity contribution in [3.8, 4) is 11.1 Å². The van der Waals surface area contributed by atoms with Gasteiger partial charge in [-0.2, -0.15) is 0 Å². The van der Waals surface area contributed by atoms with Crippen molar-refractivity contribution in [3.05, 3.63) is 59.2 Å². The van der Waals surface area contributed by atoms with Gasteiger partial charge >= 0.3 is 0 Å². The summed E-state index contributed by atoms with van der Waals surface area (Å²) in [5.74, 6) is -0.313. The quantitative estimate of drug-likeness (QED) is 0.756. The molecule has 0 bridgehead atoms. The summed E-state index contributed by atoms with van der Waals surface area (Å²) in [5.41, 5.74) is 1.91. The molecule has 24 heavy (non-hydrogen) atoms. The third-order valence-corrected chi connectivity index (χ3v) is 5.01. The van der Waals surface area contributed by atoms with Gasteiger partial charge in [-0.1, -0.05) is 24.3 Å². The number of fused-ring (bicyclic) bond motifs is 1. The van der Waals surface area contributed by atoms with E-state index in [0.29, 0.717) is 17.8 Å². The third-order valence-electron chi connectivity index (χ3n) is 3.93. The lowest BCUT2D eigenvalue weighted by molar-refractivity contribution is 0.0791. The topological polar surface area (TPSA) is 40.5 Å². The van der Waals surface area contributed by atoms with Crippen molar-refractivity contribution in [3.63, 3.8) is 0 Å². The minimum Gasteiger partial charge on any atom is -0.396 e. The van der Waals surface area contributed by atoms with Crippen LogP contribution in [-0.4, -0.2) is 36.1 Å². The van der Waals surface area contributed by atoms with E-state index in [1.165, 1.54) is 23.5 Å². The van der Waals surface area contributed by atoms with Gasteiger partial charge in [0.15, 0.2) is 0 Å². The monoisotopic (exact) mass is 343 g/mol. The standard InChI is InChI=1S/C19H18FNO2S/c1-21(10-3-11-22)19(23)18-12-16-15(4-2-5-17(16)24-18)13-6-8-14(20)9-7-13/h2,4-9,12,22H,3,10-11H2,1H3. The van der Waals surface area contributed by atoms with Crippen LogP contribution in [0.5, 0.6) is 0 Å². The molecule has 3 nitrogen and oxygen atoms in total. The summed E-state index contributed by atoms with van der Waals surface area (Å²) in [7, 11) is 1.74. The number of aliphatic hydroxyl groups excluding tert-OH is 1. The first-order valence-corrected chi connectivity index (χ1v) is 8.56. The Balaban J connectivity index is 1.98. The van der Waals surface area contributed by atoms with Gasteiger partial charge in [-0.05, 0) is 41.8 Å². The van der Waals surface area contributed by atoms with Crippen molar-refractivity contribution in [2.75, 3.05) is 20.2 Å². The maximum Gasteiger partial charge on any atom is 0.263 e. The number of benzene rings is 2. The molecule has 0 aliphatic carbocycles. The first-order valence-electron chi connectivity index (χ1n) is 7.75. The summed E-state index contributed by atoms with van der Waals surface area (Å²) in [6, 6.07) is 14.2. The van der Waals surface area contributed by atoms with Crippen LogP contribution in [0, 0.1) is 5.82 Å². The number of hydrogen-bond donors (Lipinski definition) is 1. The lowest BCUT2D eigenvalue weighted by Crippen LogP contribution is -2.27. The Kier molecular flexibility index (Phi) is 4.92. The van der Waals surface area contributed by atoms with Crippen LogP contribution in [0.3, 0.4) is 0 Å². The molecule has 0 spiro atoms. The molecule has 3 rings (SSSR count). The fourth-order valence-corrected chi connectivity index (χ4v) is 3.73. The second-order valence-electron chi connectivity index (χ2n) is 5.64. The molecule has 0 radical (unpaired) electrons. The summed E-state index contributed by atoms with van der Waals surface area (Å²) >= 11 is 1.45. The lowest BCUT2D eigenvalue weighted by Gasteiger charge is -2.14. The molecule has 2 aromatic carbocycles. The molecular formula is C19H18FNO2S. The summed E-state index contributed by atoms with van der Waals surface area (Å²) in [4.78, 5) is 14.8. The van der Waals surface area contributed by atoms with Crippen LogP contribution in [0.15, 0.2) is 48.5 Å². The van der Waals surface area contributed by atoms with Gasteiger partial charge in [0.25, 0.3) is 5.91 Å². The number of aliphatic hydroxyl groups is 1. The molecule has 0 fully saturated rings. The Bertz CT molecular complexity index is 857. The van der Waals surface area contributed by atoms with E-state index in [4.69, 9.17) is 5.11 Å². The first kappa shape index (κ1) is 16.6. The Labute approximate surface area is 144 Å². The van der Waals surface area contributed by atoms with E-state index in [2.05, 4.69) is 0 Å². The minimum absolute atomic E-state index is 0.0466. The molecule has 5 heteroatoms. The Morgan fingerprint density at radius 2 is 1.96 bits per heavy atom. The highest BCUT2D eigenvalue weighted by Crippen LogP contribution is 2.34. The van der Waals surface area contributed by atoms with Crippen molar-refractivity contribution in [2.24, 2.45) is 0 Å². The van der Waals surface area contributed by atoms with E-state index in [-0.39, 0.29) is 18.3 Å². The Morgan fingerprint density at radius 1 is 1.21 bits per heavy atom. The van der Waals surface area contributed by atoms with Gasteiger partial charge in [-0.3, -0.25) is 4.79 Å². The van der Waals surface area contributed by atoms with Gasteiger partial charge in [0.05, 0.1) is 4.88 Å². The van der Waals surface area contributed by atoms with Crippen molar-refractivity contribution in [1.29, 1.82) is 0 Å². The maximum atomic E-state index is 13.2. The van der Waals surface area contributed by atoms with Gasteiger partial charge in [-0.15, -0.1) is 11.3 Å². The summed E-state index contributed by atoms with van der Waals surface area (Å²) < 4.78 is 14.2. The average Bonchev–Trinajstić information content (AvgIpc) is 3.04. The molecule has 1 aromatic heterocycles. The number of halogens is 1. The predicted octanol–water partition coefficient (Wildman–Crippen LogP) is 4.16. The SMILES string of the molecule is CN(CCCO)C(=O)c1cc2c(-c3ccc(F)cc3)cccc2s1. The normalized spacial score (nSPS) is 11.0. The summed E-state index contributed by atoms with van der Waals surface area (Å²) in [6.07, 6.45) is 0.563. The van der Waals surface area contributed by atoms with E-state index in [1.807, 2.05) is 24.3 Å². The van der Waals surface area contributed by atoms with Gasteiger partial charge in [0, 0.05) is 30.3 Å². The zero-order valence-electron chi connectivity index (χ0n) is 13.3. The lowest BCUT2D eigenvalue weighted by atomic mass is 10.0. The van der Waals surface area contributed by atoms with E-state index in [9.17, 15) is 9.18 Å². The van der Waals surface area contributed by atoms with Crippen LogP contribution in [0.25, 0.3) is 21.2 Å². The van der Waals surface area contributed by atoms with Crippen LogP contribution in [-0.2, 0) is 0 Å². The highest BCUT2D eigenvalue weighted by molar-refractivity contribution is 7.20.